The van der Waals surface area contributed by atoms with Gasteiger partial charge in [0.15, 0.2) is 9.84 Å². The summed E-state index contributed by atoms with van der Waals surface area (Å²) in [5, 5.41) is 4.28. The number of benzene rings is 1. The largest absolute Gasteiger partial charge is 0.362 e. The summed E-state index contributed by atoms with van der Waals surface area (Å²) in [6.45, 7) is 0. The van der Waals surface area contributed by atoms with Crippen molar-refractivity contribution in [1.29, 1.82) is 0 Å². The smallest absolute Gasteiger partial charge is 0.173 e. The first-order chi connectivity index (χ1) is 8.62. The number of fused-ring (bicyclic) bond motifs is 1. The van der Waals surface area contributed by atoms with E-state index in [4.69, 9.17) is 0 Å². The summed E-state index contributed by atoms with van der Waals surface area (Å²) < 4.78 is 22.6. The van der Waals surface area contributed by atoms with Crippen LogP contribution in [0.15, 0.2) is 41.9 Å². The van der Waals surface area contributed by atoms with Crippen LogP contribution in [0.4, 0.5) is 5.82 Å². The minimum absolute atomic E-state index is 0.0709. The van der Waals surface area contributed by atoms with E-state index < -0.39 is 9.84 Å². The average molecular weight is 261 g/mol. The molecular formula is C12H11N3O2S. The third kappa shape index (κ3) is 2.19. The van der Waals surface area contributed by atoms with E-state index in [1.807, 2.05) is 24.3 Å². The van der Waals surface area contributed by atoms with Gasteiger partial charge in [0.2, 0.25) is 0 Å². The van der Waals surface area contributed by atoms with Crippen LogP contribution in [0.3, 0.4) is 0 Å². The molecule has 3 rings (SSSR count). The quantitative estimate of drug-likeness (QED) is 0.883. The minimum atomic E-state index is -3.05. The summed E-state index contributed by atoms with van der Waals surface area (Å²) in [5.41, 5.74) is 1.60. The number of rotatable bonds is 2. The maximum atomic E-state index is 11.3. The van der Waals surface area contributed by atoms with Gasteiger partial charge in [0.25, 0.3) is 0 Å². The lowest BCUT2D eigenvalue weighted by Gasteiger charge is -2.10. The molecule has 1 aromatic heterocycles. The summed E-state index contributed by atoms with van der Waals surface area (Å²) in [4.78, 5) is 8.65. The number of anilines is 1. The molecule has 6 heteroatoms. The predicted octanol–water partition coefficient (Wildman–Crippen LogP) is 1.35. The monoisotopic (exact) mass is 261 g/mol. The molecule has 1 aliphatic heterocycles. The summed E-state index contributed by atoms with van der Waals surface area (Å²) in [6.07, 6.45) is 3.24. The van der Waals surface area contributed by atoms with Crippen LogP contribution in [-0.4, -0.2) is 30.2 Å². The highest BCUT2D eigenvalue weighted by Gasteiger charge is 2.21. The molecular weight excluding hydrogens is 250 g/mol. The summed E-state index contributed by atoms with van der Waals surface area (Å²) in [7, 11) is -3.05. The number of sulfone groups is 1. The molecule has 0 saturated heterocycles. The Hall–Kier alpha value is -1.95. The lowest BCUT2D eigenvalue weighted by Crippen LogP contribution is -2.21. The molecule has 2 heterocycles. The fraction of sp³-hybridized carbons (Fsp3) is 0.167. The molecule has 18 heavy (non-hydrogen) atoms. The van der Waals surface area contributed by atoms with Crippen LogP contribution in [0.5, 0.6) is 0 Å². The van der Waals surface area contributed by atoms with Crippen LogP contribution >= 0.6 is 0 Å². The van der Waals surface area contributed by atoms with Crippen LogP contribution in [0, 0.1) is 0 Å². The molecule has 5 nitrogen and oxygen atoms in total. The van der Waals surface area contributed by atoms with Gasteiger partial charge in [0, 0.05) is 5.41 Å². The van der Waals surface area contributed by atoms with Gasteiger partial charge >= 0.3 is 0 Å². The van der Waals surface area contributed by atoms with Gasteiger partial charge in [-0.2, -0.15) is 0 Å². The zero-order valence-corrected chi connectivity index (χ0v) is 10.3. The summed E-state index contributed by atoms with van der Waals surface area (Å²) >= 11 is 0. The first-order valence-corrected chi connectivity index (χ1v) is 7.23. The van der Waals surface area contributed by atoms with E-state index in [-0.39, 0.29) is 11.8 Å². The number of hydrogen-bond donors (Lipinski definition) is 1. The third-order valence-electron chi connectivity index (χ3n) is 2.71. The van der Waals surface area contributed by atoms with Gasteiger partial charge in [-0.15, -0.1) is 0 Å². The van der Waals surface area contributed by atoms with Gasteiger partial charge in [0.05, 0.1) is 29.0 Å². The van der Waals surface area contributed by atoms with Gasteiger partial charge in [0.1, 0.15) is 5.82 Å². The molecule has 1 atom stereocenters. The Morgan fingerprint density at radius 1 is 1.22 bits per heavy atom. The van der Waals surface area contributed by atoms with Gasteiger partial charge < -0.3 is 5.32 Å². The molecule has 92 valence electrons. The lowest BCUT2D eigenvalue weighted by molar-refractivity contribution is 0.605. The van der Waals surface area contributed by atoms with E-state index in [2.05, 4.69) is 15.3 Å². The first kappa shape index (κ1) is 11.2. The Kier molecular flexibility index (Phi) is 2.52. The second kappa shape index (κ2) is 4.06. The van der Waals surface area contributed by atoms with Gasteiger partial charge in [-0.05, 0) is 18.2 Å². The van der Waals surface area contributed by atoms with E-state index in [0.717, 1.165) is 11.0 Å². The Morgan fingerprint density at radius 2 is 2.00 bits per heavy atom. The van der Waals surface area contributed by atoms with Crippen LogP contribution in [0.2, 0.25) is 0 Å². The predicted molar refractivity (Wildman–Crippen MR) is 69.9 cm³/mol. The number of nitrogens with zero attached hydrogens (tertiary/aromatic N) is 2. The summed E-state index contributed by atoms with van der Waals surface area (Å²) in [6, 6.07) is 7.31. The molecule has 0 aliphatic carbocycles. The van der Waals surface area contributed by atoms with Crippen LogP contribution in [0.1, 0.15) is 0 Å². The highest BCUT2D eigenvalue weighted by atomic mass is 32.2. The highest BCUT2D eigenvalue weighted by Crippen LogP contribution is 2.15. The number of aromatic nitrogens is 2. The minimum Gasteiger partial charge on any atom is -0.362 e. The fourth-order valence-corrected chi connectivity index (χ4v) is 3.12. The van der Waals surface area contributed by atoms with Gasteiger partial charge in [-0.3, -0.25) is 4.98 Å². The molecule has 0 radical (unpaired) electrons. The molecule has 1 aliphatic rings. The Bertz CT molecular complexity index is 725. The van der Waals surface area contributed by atoms with E-state index in [9.17, 15) is 8.42 Å². The van der Waals surface area contributed by atoms with Crippen LogP contribution < -0.4 is 5.32 Å². The summed E-state index contributed by atoms with van der Waals surface area (Å²) in [5.74, 6) is 0.655. The Labute approximate surface area is 104 Å². The number of para-hydroxylation sites is 2. The molecule has 1 aromatic carbocycles. The van der Waals surface area contributed by atoms with Crippen LogP contribution in [0.25, 0.3) is 11.0 Å². The highest BCUT2D eigenvalue weighted by molar-refractivity contribution is 7.94. The maximum absolute atomic E-state index is 11.3. The Balaban J connectivity index is 1.86. The second-order valence-corrected chi connectivity index (χ2v) is 6.08. The van der Waals surface area contributed by atoms with Gasteiger partial charge in [-0.25, -0.2) is 13.4 Å². The second-order valence-electron chi connectivity index (χ2n) is 4.15. The van der Waals surface area contributed by atoms with Crippen molar-refractivity contribution < 1.29 is 8.42 Å². The standard InChI is InChI=1S/C12H11N3O2S/c16-18(17)6-5-9(8-18)14-12-7-13-10-3-1-2-4-11(10)15-12/h1-7,9H,8H2,(H,14,15). The van der Waals surface area contributed by atoms with Crippen molar-refractivity contribution in [2.45, 2.75) is 6.04 Å². The van der Waals surface area contributed by atoms with Crippen molar-refractivity contribution in [2.75, 3.05) is 11.1 Å². The van der Waals surface area contributed by atoms with Crippen molar-refractivity contribution in [3.05, 3.63) is 41.9 Å². The van der Waals surface area contributed by atoms with E-state index in [0.29, 0.717) is 5.82 Å². The normalized spacial score (nSPS) is 21.2. The van der Waals surface area contributed by atoms with Crippen molar-refractivity contribution in [3.8, 4) is 0 Å². The van der Waals surface area contributed by atoms with E-state index in [1.165, 1.54) is 5.41 Å². The third-order valence-corrected chi connectivity index (χ3v) is 4.11. The molecule has 1 unspecified atom stereocenters. The Morgan fingerprint density at radius 3 is 2.72 bits per heavy atom. The molecule has 0 bridgehead atoms. The molecule has 0 amide bonds. The first-order valence-electron chi connectivity index (χ1n) is 5.52. The van der Waals surface area contributed by atoms with Crippen molar-refractivity contribution in [2.24, 2.45) is 0 Å². The molecule has 2 aromatic rings. The molecule has 0 spiro atoms. The number of hydrogen-bond acceptors (Lipinski definition) is 5. The van der Waals surface area contributed by atoms with Crippen LogP contribution in [-0.2, 0) is 9.84 Å². The SMILES string of the molecule is O=S1(=O)C=CC(Nc2cnc3ccccc3n2)C1. The van der Waals surface area contributed by atoms with E-state index in [1.54, 1.807) is 12.3 Å². The van der Waals surface area contributed by atoms with E-state index >= 15 is 0 Å². The molecule has 0 fully saturated rings. The number of nitrogens with one attached hydrogen (secondary N) is 1. The van der Waals surface area contributed by atoms with Gasteiger partial charge in [-0.1, -0.05) is 12.1 Å². The van der Waals surface area contributed by atoms with Crippen molar-refractivity contribution in [1.82, 2.24) is 9.97 Å². The zero-order valence-electron chi connectivity index (χ0n) is 9.45. The maximum Gasteiger partial charge on any atom is 0.173 e. The topological polar surface area (TPSA) is 72.0 Å². The fourth-order valence-electron chi connectivity index (χ4n) is 1.88. The molecule has 1 N–H and O–H groups in total. The van der Waals surface area contributed by atoms with Crippen molar-refractivity contribution in [3.63, 3.8) is 0 Å². The molecule has 0 saturated carbocycles. The lowest BCUT2D eigenvalue weighted by atomic mass is 10.3. The zero-order chi connectivity index (χ0) is 12.6. The average Bonchev–Trinajstić information content (AvgIpc) is 2.68. The van der Waals surface area contributed by atoms with Crippen molar-refractivity contribution >= 4 is 26.7 Å².